The van der Waals surface area contributed by atoms with Crippen LogP contribution in [0.3, 0.4) is 0 Å². The number of aryl methyl sites for hydroxylation is 1. The lowest BCUT2D eigenvalue weighted by Gasteiger charge is -2.08. The van der Waals surface area contributed by atoms with Gasteiger partial charge in [-0.25, -0.2) is 0 Å². The van der Waals surface area contributed by atoms with E-state index in [9.17, 15) is 0 Å². The van der Waals surface area contributed by atoms with E-state index in [4.69, 9.17) is 11.6 Å². The summed E-state index contributed by atoms with van der Waals surface area (Å²) in [4.78, 5) is 2.34. The van der Waals surface area contributed by atoms with Crippen molar-refractivity contribution < 1.29 is 0 Å². The molecule has 5 heteroatoms. The summed E-state index contributed by atoms with van der Waals surface area (Å²) in [5.74, 6) is 0. The molecule has 90 valence electrons. The van der Waals surface area contributed by atoms with Gasteiger partial charge in [-0.15, -0.1) is 0 Å². The van der Waals surface area contributed by atoms with Crippen molar-refractivity contribution in [1.29, 1.82) is 0 Å². The number of aromatic nitrogens is 2. The van der Waals surface area contributed by atoms with Crippen LogP contribution in [0.2, 0.25) is 5.02 Å². The zero-order chi connectivity index (χ0) is 12.3. The maximum absolute atomic E-state index is 6.01. The van der Waals surface area contributed by atoms with Gasteiger partial charge in [0, 0.05) is 29.7 Å². The van der Waals surface area contributed by atoms with E-state index in [0.717, 1.165) is 16.5 Å². The minimum absolute atomic E-state index is 0.769. The lowest BCUT2D eigenvalue weighted by molar-refractivity contribution is 0.766. The van der Waals surface area contributed by atoms with Crippen molar-refractivity contribution in [3.8, 4) is 0 Å². The Labute approximate surface area is 110 Å². The first-order valence-corrected chi connectivity index (χ1v) is 6.48. The molecule has 1 N–H and O–H groups in total. The van der Waals surface area contributed by atoms with Crippen molar-refractivity contribution in [3.63, 3.8) is 0 Å². The van der Waals surface area contributed by atoms with Gasteiger partial charge in [0.1, 0.15) is 0 Å². The minimum Gasteiger partial charge on any atom is -0.316 e. The third kappa shape index (κ3) is 3.25. The fourth-order valence-electron chi connectivity index (χ4n) is 1.55. The third-order valence-corrected chi connectivity index (χ3v) is 3.60. The molecule has 17 heavy (non-hydrogen) atoms. The summed E-state index contributed by atoms with van der Waals surface area (Å²) >= 11 is 7.71. The second-order valence-corrected chi connectivity index (χ2v) is 5.29. The molecule has 0 aliphatic heterocycles. The molecule has 0 spiro atoms. The number of hydrogen-bond donors (Lipinski definition) is 1. The number of halogens is 1. The van der Waals surface area contributed by atoms with Gasteiger partial charge in [0.15, 0.2) is 0 Å². The van der Waals surface area contributed by atoms with E-state index in [1.807, 2.05) is 44.7 Å². The number of benzene rings is 1. The summed E-state index contributed by atoms with van der Waals surface area (Å²) in [7, 11) is 3.85. The highest BCUT2D eigenvalue weighted by Gasteiger charge is 2.06. The summed E-state index contributed by atoms with van der Waals surface area (Å²) < 4.78 is 1.80. The highest BCUT2D eigenvalue weighted by Crippen LogP contribution is 2.31. The molecule has 1 aromatic carbocycles. The molecule has 0 bridgehead atoms. The van der Waals surface area contributed by atoms with Crippen LogP contribution >= 0.6 is 23.4 Å². The molecule has 0 aliphatic carbocycles. The highest BCUT2D eigenvalue weighted by molar-refractivity contribution is 7.99. The van der Waals surface area contributed by atoms with Crippen molar-refractivity contribution in [2.24, 2.45) is 7.05 Å². The summed E-state index contributed by atoms with van der Waals surface area (Å²) in [6.07, 6.45) is 3.87. The first-order valence-electron chi connectivity index (χ1n) is 5.28. The summed E-state index contributed by atoms with van der Waals surface area (Å²) in [5.41, 5.74) is 1.20. The van der Waals surface area contributed by atoms with Crippen LogP contribution in [0.1, 0.15) is 5.56 Å². The largest absolute Gasteiger partial charge is 0.316 e. The average Bonchev–Trinajstić information content (AvgIpc) is 2.69. The van der Waals surface area contributed by atoms with Crippen LogP contribution in [0.25, 0.3) is 0 Å². The Morgan fingerprint density at radius 1 is 1.47 bits per heavy atom. The van der Waals surface area contributed by atoms with Crippen LogP contribution in [-0.4, -0.2) is 16.8 Å². The molecule has 2 rings (SSSR count). The van der Waals surface area contributed by atoms with Gasteiger partial charge in [0.2, 0.25) is 0 Å². The highest BCUT2D eigenvalue weighted by atomic mass is 35.5. The van der Waals surface area contributed by atoms with E-state index in [2.05, 4.69) is 10.4 Å². The molecule has 0 radical (unpaired) electrons. The van der Waals surface area contributed by atoms with Gasteiger partial charge in [-0.05, 0) is 30.8 Å². The molecule has 1 aromatic heterocycles. The SMILES string of the molecule is CNCc1cc(Cl)ccc1Sc1cnn(C)c1. The second kappa shape index (κ2) is 5.58. The second-order valence-electron chi connectivity index (χ2n) is 3.73. The molecule has 2 aromatic rings. The van der Waals surface area contributed by atoms with E-state index in [-0.39, 0.29) is 0 Å². The first kappa shape index (κ1) is 12.5. The monoisotopic (exact) mass is 267 g/mol. The van der Waals surface area contributed by atoms with Crippen LogP contribution < -0.4 is 5.32 Å². The summed E-state index contributed by atoms with van der Waals surface area (Å²) in [5, 5.41) is 8.08. The topological polar surface area (TPSA) is 29.9 Å². The minimum atomic E-state index is 0.769. The molecule has 0 amide bonds. The van der Waals surface area contributed by atoms with Gasteiger partial charge >= 0.3 is 0 Å². The predicted molar refractivity (Wildman–Crippen MR) is 71.5 cm³/mol. The number of rotatable bonds is 4. The maximum atomic E-state index is 6.01. The maximum Gasteiger partial charge on any atom is 0.0629 e. The Kier molecular flexibility index (Phi) is 4.10. The first-order chi connectivity index (χ1) is 8.19. The molecular weight excluding hydrogens is 254 g/mol. The van der Waals surface area contributed by atoms with Gasteiger partial charge in [-0.1, -0.05) is 23.4 Å². The number of nitrogens with zero attached hydrogens (tertiary/aromatic N) is 2. The van der Waals surface area contributed by atoms with E-state index in [1.165, 1.54) is 10.5 Å². The number of hydrogen-bond acceptors (Lipinski definition) is 3. The Morgan fingerprint density at radius 3 is 2.94 bits per heavy atom. The molecule has 0 unspecified atom stereocenters. The molecule has 0 atom stereocenters. The average molecular weight is 268 g/mol. The van der Waals surface area contributed by atoms with Gasteiger partial charge in [-0.2, -0.15) is 5.10 Å². The zero-order valence-electron chi connectivity index (χ0n) is 9.77. The van der Waals surface area contributed by atoms with Crippen LogP contribution in [0, 0.1) is 0 Å². The van der Waals surface area contributed by atoms with E-state index >= 15 is 0 Å². The van der Waals surface area contributed by atoms with Crippen molar-refractivity contribution in [2.75, 3.05) is 7.05 Å². The van der Waals surface area contributed by atoms with Gasteiger partial charge in [0.05, 0.1) is 11.1 Å². The summed E-state index contributed by atoms with van der Waals surface area (Å²) in [6.45, 7) is 0.809. The van der Waals surface area contributed by atoms with Crippen molar-refractivity contribution in [3.05, 3.63) is 41.2 Å². The molecule has 1 heterocycles. The Hall–Kier alpha value is -0.970. The third-order valence-electron chi connectivity index (χ3n) is 2.30. The van der Waals surface area contributed by atoms with Gasteiger partial charge in [-0.3, -0.25) is 4.68 Å². The smallest absolute Gasteiger partial charge is 0.0629 e. The van der Waals surface area contributed by atoms with Crippen LogP contribution in [-0.2, 0) is 13.6 Å². The van der Waals surface area contributed by atoms with Gasteiger partial charge < -0.3 is 5.32 Å². The summed E-state index contributed by atoms with van der Waals surface area (Å²) in [6, 6.07) is 5.96. The molecule has 0 saturated heterocycles. The van der Waals surface area contributed by atoms with E-state index < -0.39 is 0 Å². The Balaban J connectivity index is 2.25. The molecular formula is C12H14ClN3S. The van der Waals surface area contributed by atoms with Crippen LogP contribution in [0.15, 0.2) is 40.4 Å². The fraction of sp³-hybridized carbons (Fsp3) is 0.250. The van der Waals surface area contributed by atoms with Crippen molar-refractivity contribution in [1.82, 2.24) is 15.1 Å². The number of nitrogens with one attached hydrogen (secondary N) is 1. The van der Waals surface area contributed by atoms with E-state index in [0.29, 0.717) is 0 Å². The lowest BCUT2D eigenvalue weighted by Crippen LogP contribution is -2.06. The van der Waals surface area contributed by atoms with Gasteiger partial charge in [0.25, 0.3) is 0 Å². The van der Waals surface area contributed by atoms with Crippen LogP contribution in [0.4, 0.5) is 0 Å². The fourth-order valence-corrected chi connectivity index (χ4v) is 2.71. The lowest BCUT2D eigenvalue weighted by atomic mass is 10.2. The quantitative estimate of drug-likeness (QED) is 0.924. The molecule has 0 fully saturated rings. The van der Waals surface area contributed by atoms with Crippen LogP contribution in [0.5, 0.6) is 0 Å². The normalized spacial score (nSPS) is 10.8. The Morgan fingerprint density at radius 2 is 2.29 bits per heavy atom. The van der Waals surface area contributed by atoms with Crippen molar-refractivity contribution in [2.45, 2.75) is 16.3 Å². The molecule has 3 nitrogen and oxygen atoms in total. The van der Waals surface area contributed by atoms with E-state index in [1.54, 1.807) is 16.4 Å². The Bertz CT molecular complexity index is 510. The predicted octanol–water partition coefficient (Wildman–Crippen LogP) is 2.94. The standard InChI is InChI=1S/C12H14ClN3S/c1-14-6-9-5-10(13)3-4-12(9)17-11-7-15-16(2)8-11/h3-5,7-8,14H,6H2,1-2H3. The van der Waals surface area contributed by atoms with Crippen molar-refractivity contribution >= 4 is 23.4 Å². The molecule has 0 saturated carbocycles. The molecule has 0 aliphatic rings. The zero-order valence-corrected chi connectivity index (χ0v) is 11.3.